The molecule has 0 spiro atoms. The number of benzene rings is 1. The molecule has 0 aliphatic carbocycles. The van der Waals surface area contributed by atoms with Gasteiger partial charge in [-0.3, -0.25) is 9.59 Å². The third-order valence-corrected chi connectivity index (χ3v) is 4.40. The Morgan fingerprint density at radius 1 is 1.04 bits per heavy atom. The van der Waals surface area contributed by atoms with Crippen LogP contribution >= 0.6 is 0 Å². The molecule has 2 amide bonds. The Morgan fingerprint density at radius 2 is 1.65 bits per heavy atom. The molecule has 1 fully saturated rings. The molecular formula is C19H23N5O2. The van der Waals surface area contributed by atoms with Crippen LogP contribution in [0.15, 0.2) is 36.5 Å². The van der Waals surface area contributed by atoms with Crippen molar-refractivity contribution in [3.8, 4) is 0 Å². The average Bonchev–Trinajstić information content (AvgIpc) is 2.63. The normalized spacial score (nSPS) is 14.8. The molecule has 0 atom stereocenters. The Balaban J connectivity index is 1.53. The zero-order chi connectivity index (χ0) is 18.5. The summed E-state index contributed by atoms with van der Waals surface area (Å²) in [6, 6.07) is 9.00. The van der Waals surface area contributed by atoms with Crippen molar-refractivity contribution in [2.24, 2.45) is 5.92 Å². The van der Waals surface area contributed by atoms with Gasteiger partial charge in [-0.15, -0.1) is 0 Å². The van der Waals surface area contributed by atoms with Crippen LogP contribution in [0.3, 0.4) is 0 Å². The maximum absolute atomic E-state index is 12.5. The number of carbonyl (C=O) groups is 2. The van der Waals surface area contributed by atoms with Gasteiger partial charge in [0.25, 0.3) is 0 Å². The van der Waals surface area contributed by atoms with Crippen LogP contribution in [0, 0.1) is 12.8 Å². The van der Waals surface area contributed by atoms with Crippen molar-refractivity contribution < 1.29 is 9.59 Å². The molecule has 136 valence electrons. The van der Waals surface area contributed by atoms with Crippen molar-refractivity contribution in [1.82, 2.24) is 9.97 Å². The highest BCUT2D eigenvalue weighted by molar-refractivity contribution is 5.93. The number of hydrogen-bond donors (Lipinski definition) is 2. The van der Waals surface area contributed by atoms with Gasteiger partial charge in [0.05, 0.1) is 0 Å². The number of anilines is 3. The van der Waals surface area contributed by atoms with Gasteiger partial charge >= 0.3 is 0 Å². The first kappa shape index (κ1) is 17.8. The maximum Gasteiger partial charge on any atom is 0.227 e. The summed E-state index contributed by atoms with van der Waals surface area (Å²) in [6.45, 7) is 4.94. The van der Waals surface area contributed by atoms with E-state index < -0.39 is 0 Å². The molecule has 26 heavy (non-hydrogen) atoms. The first-order valence-corrected chi connectivity index (χ1v) is 8.74. The standard InChI is InChI=1S/C19H23N5O2/c1-13-7-10-20-19(21-13)24-11-8-15(9-12-24)18(26)23-17-5-3-16(4-6-17)22-14(2)25/h3-7,10,15H,8-9,11-12H2,1-2H3,(H,22,25)(H,23,26). The first-order chi connectivity index (χ1) is 12.5. The van der Waals surface area contributed by atoms with Crippen LogP contribution in [-0.4, -0.2) is 34.9 Å². The molecular weight excluding hydrogens is 330 g/mol. The van der Waals surface area contributed by atoms with Gasteiger partial charge in [-0.25, -0.2) is 9.97 Å². The second kappa shape index (κ2) is 7.95. The SMILES string of the molecule is CC(=O)Nc1ccc(NC(=O)C2CCN(c3nccc(C)n3)CC2)cc1. The molecule has 0 saturated carbocycles. The number of hydrogen-bond acceptors (Lipinski definition) is 5. The number of piperidine rings is 1. The largest absolute Gasteiger partial charge is 0.341 e. The molecule has 1 saturated heterocycles. The van der Waals surface area contributed by atoms with Gasteiger partial charge in [-0.1, -0.05) is 0 Å². The number of amides is 2. The van der Waals surface area contributed by atoms with Crippen molar-refractivity contribution in [3.05, 3.63) is 42.2 Å². The van der Waals surface area contributed by atoms with Gasteiger partial charge in [0.1, 0.15) is 0 Å². The monoisotopic (exact) mass is 353 g/mol. The van der Waals surface area contributed by atoms with E-state index in [9.17, 15) is 9.59 Å². The Hall–Kier alpha value is -2.96. The van der Waals surface area contributed by atoms with E-state index in [2.05, 4.69) is 25.5 Å². The van der Waals surface area contributed by atoms with E-state index in [-0.39, 0.29) is 17.7 Å². The lowest BCUT2D eigenvalue weighted by molar-refractivity contribution is -0.120. The summed E-state index contributed by atoms with van der Waals surface area (Å²) in [5, 5.41) is 5.66. The van der Waals surface area contributed by atoms with Crippen molar-refractivity contribution in [2.75, 3.05) is 28.6 Å². The Labute approximate surface area is 152 Å². The van der Waals surface area contributed by atoms with Crippen LogP contribution in [0.25, 0.3) is 0 Å². The minimum atomic E-state index is -0.119. The van der Waals surface area contributed by atoms with Gasteiger partial charge in [0.15, 0.2) is 0 Å². The number of nitrogens with zero attached hydrogens (tertiary/aromatic N) is 3. The van der Waals surface area contributed by atoms with E-state index in [4.69, 9.17) is 0 Å². The zero-order valence-corrected chi connectivity index (χ0v) is 15.0. The molecule has 1 aliphatic heterocycles. The number of carbonyl (C=O) groups excluding carboxylic acids is 2. The molecule has 1 aromatic heterocycles. The van der Waals surface area contributed by atoms with E-state index in [1.807, 2.05) is 13.0 Å². The van der Waals surface area contributed by atoms with E-state index in [1.165, 1.54) is 6.92 Å². The lowest BCUT2D eigenvalue weighted by Crippen LogP contribution is -2.39. The molecule has 3 rings (SSSR count). The fourth-order valence-corrected chi connectivity index (χ4v) is 3.01. The van der Waals surface area contributed by atoms with Crippen molar-refractivity contribution in [1.29, 1.82) is 0 Å². The molecule has 0 radical (unpaired) electrons. The molecule has 7 nitrogen and oxygen atoms in total. The van der Waals surface area contributed by atoms with E-state index in [1.54, 1.807) is 30.5 Å². The lowest BCUT2D eigenvalue weighted by atomic mass is 9.96. The Kier molecular flexibility index (Phi) is 5.46. The van der Waals surface area contributed by atoms with Crippen molar-refractivity contribution >= 4 is 29.1 Å². The summed E-state index contributed by atoms with van der Waals surface area (Å²) < 4.78 is 0. The summed E-state index contributed by atoms with van der Waals surface area (Å²) in [4.78, 5) is 34.4. The molecule has 0 bridgehead atoms. The third kappa shape index (κ3) is 4.56. The number of nitrogens with one attached hydrogen (secondary N) is 2. The second-order valence-electron chi connectivity index (χ2n) is 6.51. The smallest absolute Gasteiger partial charge is 0.227 e. The van der Waals surface area contributed by atoms with Gasteiger partial charge in [0.2, 0.25) is 17.8 Å². The molecule has 2 heterocycles. The molecule has 2 N–H and O–H groups in total. The molecule has 7 heteroatoms. The molecule has 2 aromatic rings. The summed E-state index contributed by atoms with van der Waals surface area (Å²) in [6.07, 6.45) is 3.31. The summed E-state index contributed by atoms with van der Waals surface area (Å²) in [7, 11) is 0. The zero-order valence-electron chi connectivity index (χ0n) is 15.0. The van der Waals surface area contributed by atoms with Crippen LogP contribution < -0.4 is 15.5 Å². The number of aromatic nitrogens is 2. The van der Waals surface area contributed by atoms with Crippen LogP contribution in [-0.2, 0) is 9.59 Å². The highest BCUT2D eigenvalue weighted by atomic mass is 16.2. The quantitative estimate of drug-likeness (QED) is 0.882. The summed E-state index contributed by atoms with van der Waals surface area (Å²) in [5.41, 5.74) is 2.38. The minimum Gasteiger partial charge on any atom is -0.341 e. The average molecular weight is 353 g/mol. The van der Waals surface area contributed by atoms with Gasteiger partial charge in [-0.05, 0) is 50.1 Å². The molecule has 0 unspecified atom stereocenters. The number of aryl methyl sites for hydroxylation is 1. The fourth-order valence-electron chi connectivity index (χ4n) is 3.01. The van der Waals surface area contributed by atoms with Crippen LogP contribution in [0.4, 0.5) is 17.3 Å². The van der Waals surface area contributed by atoms with E-state index in [0.717, 1.165) is 43.3 Å². The van der Waals surface area contributed by atoms with Gasteiger partial charge in [-0.2, -0.15) is 0 Å². The van der Waals surface area contributed by atoms with Crippen LogP contribution in [0.2, 0.25) is 0 Å². The van der Waals surface area contributed by atoms with Gasteiger partial charge in [0, 0.05) is 49.2 Å². The highest BCUT2D eigenvalue weighted by Gasteiger charge is 2.26. The second-order valence-corrected chi connectivity index (χ2v) is 6.51. The van der Waals surface area contributed by atoms with E-state index in [0.29, 0.717) is 5.69 Å². The number of rotatable bonds is 4. The predicted octanol–water partition coefficient (Wildman–Crippen LogP) is 2.60. The highest BCUT2D eigenvalue weighted by Crippen LogP contribution is 2.22. The fraction of sp³-hybridized carbons (Fsp3) is 0.368. The summed E-state index contributed by atoms with van der Waals surface area (Å²) >= 11 is 0. The maximum atomic E-state index is 12.5. The van der Waals surface area contributed by atoms with Crippen LogP contribution in [0.5, 0.6) is 0 Å². The summed E-state index contributed by atoms with van der Waals surface area (Å²) in [5.74, 6) is 0.622. The van der Waals surface area contributed by atoms with E-state index >= 15 is 0 Å². The Bertz CT molecular complexity index is 783. The minimum absolute atomic E-state index is 0.0221. The van der Waals surface area contributed by atoms with Crippen molar-refractivity contribution in [2.45, 2.75) is 26.7 Å². The lowest BCUT2D eigenvalue weighted by Gasteiger charge is -2.31. The molecule has 1 aromatic carbocycles. The third-order valence-electron chi connectivity index (χ3n) is 4.40. The van der Waals surface area contributed by atoms with Gasteiger partial charge < -0.3 is 15.5 Å². The Morgan fingerprint density at radius 3 is 2.23 bits per heavy atom. The predicted molar refractivity (Wildman–Crippen MR) is 101 cm³/mol. The topological polar surface area (TPSA) is 87.2 Å². The molecule has 1 aliphatic rings. The van der Waals surface area contributed by atoms with Crippen molar-refractivity contribution in [3.63, 3.8) is 0 Å². The first-order valence-electron chi connectivity index (χ1n) is 8.74. The van der Waals surface area contributed by atoms with Crippen LogP contribution in [0.1, 0.15) is 25.5 Å².